The van der Waals surface area contributed by atoms with E-state index in [9.17, 15) is 31.9 Å². The standard InChI is InChI=1S/C26H20F4IN7O4/c27-22-16(2-1-3-19(22)42-26(28,29)30)35-25(41)18-6-7-20(31)38(18)21(39)11-37-17-5-4-13(14-9-33-12-34-10-14)8-15(17)23(36-37)24(32)40/h1-5,8-10,12,18,20H,6-7,11H2,(H2,32,40)(H,35,41)/t18-,20-/m0/s1. The fourth-order valence-electron chi connectivity index (χ4n) is 4.70. The van der Waals surface area contributed by atoms with Crippen LogP contribution >= 0.6 is 22.6 Å². The van der Waals surface area contributed by atoms with Gasteiger partial charge in [0, 0.05) is 23.3 Å². The van der Waals surface area contributed by atoms with Gasteiger partial charge in [0.2, 0.25) is 11.8 Å². The first kappa shape index (κ1) is 29.2. The zero-order valence-electron chi connectivity index (χ0n) is 21.3. The zero-order chi connectivity index (χ0) is 30.2. The highest BCUT2D eigenvalue weighted by molar-refractivity contribution is 14.1. The molecule has 0 radical (unpaired) electrons. The van der Waals surface area contributed by atoms with Crippen molar-refractivity contribution in [2.24, 2.45) is 5.73 Å². The van der Waals surface area contributed by atoms with Crippen molar-refractivity contribution in [3.8, 4) is 16.9 Å². The molecule has 0 unspecified atom stereocenters. The van der Waals surface area contributed by atoms with Crippen molar-refractivity contribution in [3.05, 3.63) is 66.6 Å². The first-order valence-corrected chi connectivity index (χ1v) is 13.5. The summed E-state index contributed by atoms with van der Waals surface area (Å²) in [5.41, 5.74) is 6.78. The number of carbonyl (C=O) groups excluding carboxylic acids is 3. The number of nitrogens with zero attached hydrogens (tertiary/aromatic N) is 5. The molecule has 0 bridgehead atoms. The maximum Gasteiger partial charge on any atom is 0.573 e. The van der Waals surface area contributed by atoms with E-state index in [0.29, 0.717) is 28.5 Å². The zero-order valence-corrected chi connectivity index (χ0v) is 23.5. The Labute approximate surface area is 248 Å². The minimum Gasteiger partial charge on any atom is -0.403 e. The van der Waals surface area contributed by atoms with Crippen molar-refractivity contribution in [1.82, 2.24) is 24.6 Å². The Balaban J connectivity index is 1.38. The molecule has 1 saturated heterocycles. The molecule has 3 amide bonds. The van der Waals surface area contributed by atoms with Crippen LogP contribution in [0, 0.1) is 5.82 Å². The lowest BCUT2D eigenvalue weighted by atomic mass is 10.1. The van der Waals surface area contributed by atoms with Crippen molar-refractivity contribution in [3.63, 3.8) is 0 Å². The van der Waals surface area contributed by atoms with Gasteiger partial charge in [-0.1, -0.05) is 34.7 Å². The van der Waals surface area contributed by atoms with Crippen molar-refractivity contribution < 1.29 is 36.7 Å². The molecule has 218 valence electrons. The Morgan fingerprint density at radius 2 is 1.83 bits per heavy atom. The van der Waals surface area contributed by atoms with E-state index >= 15 is 0 Å². The van der Waals surface area contributed by atoms with E-state index in [-0.39, 0.29) is 18.7 Å². The largest absolute Gasteiger partial charge is 0.573 e. The third-order valence-electron chi connectivity index (χ3n) is 6.52. The van der Waals surface area contributed by atoms with Gasteiger partial charge in [-0.15, -0.1) is 13.2 Å². The summed E-state index contributed by atoms with van der Waals surface area (Å²) in [7, 11) is 0. The summed E-state index contributed by atoms with van der Waals surface area (Å²) in [6, 6.07) is 6.99. The number of carbonyl (C=O) groups is 3. The maximum atomic E-state index is 14.6. The van der Waals surface area contributed by atoms with Crippen LogP contribution in [-0.4, -0.2) is 58.8 Å². The molecule has 0 spiro atoms. The third-order valence-corrected chi connectivity index (χ3v) is 7.74. The van der Waals surface area contributed by atoms with Gasteiger partial charge in [0.25, 0.3) is 5.91 Å². The second-order valence-corrected chi connectivity index (χ2v) is 10.7. The maximum absolute atomic E-state index is 14.6. The molecule has 3 N–H and O–H groups in total. The molecule has 0 aliphatic carbocycles. The molecular weight excluding hydrogens is 677 g/mol. The van der Waals surface area contributed by atoms with Crippen LogP contribution in [0.15, 0.2) is 55.1 Å². The predicted molar refractivity (Wildman–Crippen MR) is 149 cm³/mol. The van der Waals surface area contributed by atoms with Gasteiger partial charge in [-0.05, 0) is 42.7 Å². The van der Waals surface area contributed by atoms with E-state index in [1.165, 1.54) is 15.9 Å². The fourth-order valence-corrected chi connectivity index (χ4v) is 5.76. The highest BCUT2D eigenvalue weighted by atomic mass is 127. The molecule has 1 aliphatic heterocycles. The minimum absolute atomic E-state index is 0.0605. The predicted octanol–water partition coefficient (Wildman–Crippen LogP) is 4.02. The molecule has 4 aromatic rings. The lowest BCUT2D eigenvalue weighted by molar-refractivity contribution is -0.275. The van der Waals surface area contributed by atoms with E-state index in [4.69, 9.17) is 5.73 Å². The molecule has 1 aliphatic rings. The Morgan fingerprint density at radius 1 is 1.10 bits per heavy atom. The summed E-state index contributed by atoms with van der Waals surface area (Å²) in [6.07, 6.45) is 0.0879. The SMILES string of the molecule is NC(=O)c1nn(CC(=O)N2[C@H](I)CC[C@H]2C(=O)Nc2cccc(OC(F)(F)F)c2F)c2ccc(-c3cncnc3)cc12. The first-order chi connectivity index (χ1) is 19.9. The number of benzene rings is 2. The van der Waals surface area contributed by atoms with E-state index in [1.54, 1.807) is 30.6 Å². The highest BCUT2D eigenvalue weighted by Gasteiger charge is 2.40. The molecule has 0 saturated carbocycles. The van der Waals surface area contributed by atoms with Crippen molar-refractivity contribution in [2.45, 2.75) is 35.8 Å². The van der Waals surface area contributed by atoms with Crippen molar-refractivity contribution >= 4 is 56.9 Å². The Morgan fingerprint density at radius 3 is 2.52 bits per heavy atom. The minimum atomic E-state index is -5.13. The van der Waals surface area contributed by atoms with Crippen LogP contribution in [-0.2, 0) is 16.1 Å². The number of amides is 3. The van der Waals surface area contributed by atoms with Crippen LogP contribution in [0.1, 0.15) is 23.3 Å². The second kappa shape index (κ2) is 11.5. The molecule has 3 heterocycles. The van der Waals surface area contributed by atoms with Gasteiger partial charge >= 0.3 is 6.36 Å². The van der Waals surface area contributed by atoms with Gasteiger partial charge in [0.15, 0.2) is 17.3 Å². The number of rotatable bonds is 7. The number of nitrogens with two attached hydrogens (primary N) is 1. The normalized spacial score (nSPS) is 16.9. The van der Waals surface area contributed by atoms with Crippen LogP contribution in [0.5, 0.6) is 5.75 Å². The van der Waals surface area contributed by atoms with Crippen LogP contribution in [0.3, 0.4) is 0 Å². The van der Waals surface area contributed by atoms with Gasteiger partial charge in [-0.3, -0.25) is 19.1 Å². The number of primary amides is 1. The number of halogens is 5. The van der Waals surface area contributed by atoms with Gasteiger partial charge in [-0.2, -0.15) is 5.10 Å². The molecule has 42 heavy (non-hydrogen) atoms. The summed E-state index contributed by atoms with van der Waals surface area (Å²) in [4.78, 5) is 48.1. The van der Waals surface area contributed by atoms with Gasteiger partial charge in [0.1, 0.15) is 18.9 Å². The van der Waals surface area contributed by atoms with E-state index in [2.05, 4.69) is 25.1 Å². The number of ether oxygens (including phenoxy) is 1. The number of alkyl halides is 4. The molecule has 2 aromatic carbocycles. The summed E-state index contributed by atoms with van der Waals surface area (Å²) >= 11 is 1.99. The van der Waals surface area contributed by atoms with Gasteiger partial charge in [-0.25, -0.2) is 14.4 Å². The average molecular weight is 697 g/mol. The second-order valence-electron chi connectivity index (χ2n) is 9.21. The number of aromatic nitrogens is 4. The number of fused-ring (bicyclic) bond motifs is 1. The van der Waals surface area contributed by atoms with E-state index in [1.807, 2.05) is 22.6 Å². The molecule has 16 heteroatoms. The monoisotopic (exact) mass is 697 g/mol. The van der Waals surface area contributed by atoms with Crippen molar-refractivity contribution in [2.75, 3.05) is 5.32 Å². The quantitative estimate of drug-likeness (QED) is 0.129. The molecule has 2 aromatic heterocycles. The Kier molecular flexibility index (Phi) is 7.98. The fraction of sp³-hybridized carbons (Fsp3) is 0.231. The van der Waals surface area contributed by atoms with Crippen LogP contribution in [0.2, 0.25) is 0 Å². The first-order valence-electron chi connectivity index (χ1n) is 12.3. The molecule has 5 rings (SSSR count). The highest BCUT2D eigenvalue weighted by Crippen LogP contribution is 2.33. The lowest BCUT2D eigenvalue weighted by Crippen LogP contribution is -2.46. The Hall–Kier alpha value is -4.35. The topological polar surface area (TPSA) is 145 Å². The number of hydrogen-bond donors (Lipinski definition) is 2. The number of likely N-dealkylation sites (tertiary alicyclic amines) is 1. The summed E-state index contributed by atoms with van der Waals surface area (Å²) in [5, 5.41) is 6.92. The molecule has 2 atom stereocenters. The van der Waals surface area contributed by atoms with Crippen molar-refractivity contribution in [1.29, 1.82) is 0 Å². The van der Waals surface area contributed by atoms with Crippen LogP contribution in [0.4, 0.5) is 23.2 Å². The summed E-state index contributed by atoms with van der Waals surface area (Å²) in [5.74, 6) is -4.64. The smallest absolute Gasteiger partial charge is 0.403 e. The van der Waals surface area contributed by atoms with E-state index < -0.39 is 51.4 Å². The molecule has 1 fully saturated rings. The lowest BCUT2D eigenvalue weighted by Gasteiger charge is -2.27. The molecular formula is C26H20F4IN7O4. The number of nitrogens with one attached hydrogen (secondary N) is 1. The molecule has 11 nitrogen and oxygen atoms in total. The van der Waals surface area contributed by atoms with E-state index in [0.717, 1.165) is 18.2 Å². The summed E-state index contributed by atoms with van der Waals surface area (Å²) < 4.78 is 57.0. The summed E-state index contributed by atoms with van der Waals surface area (Å²) in [6.45, 7) is -0.357. The van der Waals surface area contributed by atoms with Crippen LogP contribution in [0.25, 0.3) is 22.0 Å². The number of hydrogen-bond acceptors (Lipinski definition) is 7. The van der Waals surface area contributed by atoms with Gasteiger partial charge < -0.3 is 20.7 Å². The number of anilines is 1. The third kappa shape index (κ3) is 5.97. The van der Waals surface area contributed by atoms with Crippen LogP contribution < -0.4 is 15.8 Å². The average Bonchev–Trinajstić information content (AvgIpc) is 3.51. The Bertz CT molecular complexity index is 1680. The van der Waals surface area contributed by atoms with Gasteiger partial charge in [0.05, 0.1) is 15.3 Å².